The van der Waals surface area contributed by atoms with Crippen molar-refractivity contribution < 1.29 is 14.3 Å². The van der Waals surface area contributed by atoms with Crippen LogP contribution in [0.4, 0.5) is 4.79 Å². The zero-order valence-electron chi connectivity index (χ0n) is 10.7. The molecular formula is C11H17N3O3S. The molecule has 18 heavy (non-hydrogen) atoms. The van der Waals surface area contributed by atoms with E-state index in [1.165, 1.54) is 16.2 Å². The van der Waals surface area contributed by atoms with Crippen LogP contribution in [0.25, 0.3) is 0 Å². The van der Waals surface area contributed by atoms with Gasteiger partial charge in [-0.05, 0) is 13.8 Å². The first kappa shape index (κ1) is 14.4. The standard InChI is InChI=1S/C11H17N3O3S/c1-4-17-10(15)5-12-11(16)14(3)6-9-7-18-8(2)13-9/h7H,4-6H2,1-3H3,(H,12,16). The molecule has 0 aliphatic heterocycles. The SMILES string of the molecule is CCOC(=O)CNC(=O)N(C)Cc1csc(C)n1. The maximum absolute atomic E-state index is 11.6. The summed E-state index contributed by atoms with van der Waals surface area (Å²) < 4.78 is 4.71. The molecule has 0 fully saturated rings. The minimum absolute atomic E-state index is 0.118. The molecule has 100 valence electrons. The Kier molecular flexibility index (Phi) is 5.57. The van der Waals surface area contributed by atoms with Crippen molar-refractivity contribution >= 4 is 23.3 Å². The highest BCUT2D eigenvalue weighted by atomic mass is 32.1. The number of amides is 2. The summed E-state index contributed by atoms with van der Waals surface area (Å²) in [6.07, 6.45) is 0. The Morgan fingerprint density at radius 1 is 1.56 bits per heavy atom. The molecular weight excluding hydrogens is 254 g/mol. The van der Waals surface area contributed by atoms with Crippen LogP contribution in [0, 0.1) is 6.92 Å². The molecule has 0 saturated heterocycles. The molecule has 1 heterocycles. The first-order valence-corrected chi connectivity index (χ1v) is 6.46. The summed E-state index contributed by atoms with van der Waals surface area (Å²) in [5.74, 6) is -0.441. The number of thiazole rings is 1. The molecule has 0 aliphatic carbocycles. The molecule has 7 heteroatoms. The lowest BCUT2D eigenvalue weighted by atomic mass is 10.4. The van der Waals surface area contributed by atoms with Crippen LogP contribution in [-0.2, 0) is 16.1 Å². The van der Waals surface area contributed by atoms with E-state index in [9.17, 15) is 9.59 Å². The Morgan fingerprint density at radius 3 is 2.83 bits per heavy atom. The van der Waals surface area contributed by atoms with Gasteiger partial charge >= 0.3 is 12.0 Å². The average molecular weight is 271 g/mol. The minimum Gasteiger partial charge on any atom is -0.465 e. The smallest absolute Gasteiger partial charge is 0.325 e. The van der Waals surface area contributed by atoms with Gasteiger partial charge in [-0.2, -0.15) is 0 Å². The second-order valence-electron chi connectivity index (χ2n) is 3.68. The number of urea groups is 1. The number of hydrogen-bond acceptors (Lipinski definition) is 5. The molecule has 0 radical (unpaired) electrons. The van der Waals surface area contributed by atoms with Crippen LogP contribution in [0.1, 0.15) is 17.6 Å². The van der Waals surface area contributed by atoms with Gasteiger partial charge in [0.25, 0.3) is 0 Å². The van der Waals surface area contributed by atoms with Crippen molar-refractivity contribution in [3.05, 3.63) is 16.1 Å². The highest BCUT2D eigenvalue weighted by Crippen LogP contribution is 2.09. The summed E-state index contributed by atoms with van der Waals surface area (Å²) in [4.78, 5) is 28.4. The minimum atomic E-state index is -0.441. The summed E-state index contributed by atoms with van der Waals surface area (Å²) in [6, 6.07) is -0.325. The second kappa shape index (κ2) is 6.95. The predicted octanol–water partition coefficient (Wildman–Crippen LogP) is 1.16. The van der Waals surface area contributed by atoms with Gasteiger partial charge in [0, 0.05) is 12.4 Å². The number of aromatic nitrogens is 1. The van der Waals surface area contributed by atoms with Crippen LogP contribution in [0.15, 0.2) is 5.38 Å². The number of carbonyl (C=O) groups is 2. The van der Waals surface area contributed by atoms with Gasteiger partial charge in [-0.25, -0.2) is 9.78 Å². The second-order valence-corrected chi connectivity index (χ2v) is 4.74. The first-order valence-electron chi connectivity index (χ1n) is 5.58. The molecule has 1 rings (SSSR count). The van der Waals surface area contributed by atoms with Gasteiger partial charge in [-0.15, -0.1) is 11.3 Å². The van der Waals surface area contributed by atoms with E-state index in [4.69, 9.17) is 4.74 Å². The molecule has 1 aromatic rings. The molecule has 1 N–H and O–H groups in total. The van der Waals surface area contributed by atoms with E-state index in [1.807, 2.05) is 12.3 Å². The number of nitrogens with one attached hydrogen (secondary N) is 1. The Bertz CT molecular complexity index is 419. The maximum atomic E-state index is 11.6. The molecule has 0 aliphatic rings. The van der Waals surface area contributed by atoms with Gasteiger partial charge < -0.3 is 15.0 Å². The van der Waals surface area contributed by atoms with E-state index >= 15 is 0 Å². The first-order chi connectivity index (χ1) is 8.52. The van der Waals surface area contributed by atoms with Crippen LogP contribution in [0.2, 0.25) is 0 Å². The topological polar surface area (TPSA) is 71.5 Å². The number of aryl methyl sites for hydroxylation is 1. The fourth-order valence-electron chi connectivity index (χ4n) is 1.29. The van der Waals surface area contributed by atoms with Crippen molar-refractivity contribution in [1.29, 1.82) is 0 Å². The van der Waals surface area contributed by atoms with Gasteiger partial charge in [0.05, 0.1) is 23.9 Å². The molecule has 0 saturated carbocycles. The van der Waals surface area contributed by atoms with E-state index in [-0.39, 0.29) is 12.6 Å². The van der Waals surface area contributed by atoms with Gasteiger partial charge in [0.2, 0.25) is 0 Å². The fraction of sp³-hybridized carbons (Fsp3) is 0.545. The summed E-state index contributed by atoms with van der Waals surface area (Å²) >= 11 is 1.54. The molecule has 1 aromatic heterocycles. The Labute approximate surface area is 110 Å². The zero-order valence-corrected chi connectivity index (χ0v) is 11.5. The van der Waals surface area contributed by atoms with E-state index in [0.29, 0.717) is 13.2 Å². The van der Waals surface area contributed by atoms with Crippen LogP contribution in [0.5, 0.6) is 0 Å². The molecule has 2 amide bonds. The third kappa shape index (κ3) is 4.70. The summed E-state index contributed by atoms with van der Waals surface area (Å²) in [5.41, 5.74) is 0.839. The predicted molar refractivity (Wildman–Crippen MR) is 68.3 cm³/mol. The molecule has 6 nitrogen and oxygen atoms in total. The molecule has 0 atom stereocenters. The highest BCUT2D eigenvalue weighted by Gasteiger charge is 2.12. The van der Waals surface area contributed by atoms with Crippen molar-refractivity contribution in [3.8, 4) is 0 Å². The van der Waals surface area contributed by atoms with Crippen molar-refractivity contribution in [2.45, 2.75) is 20.4 Å². The maximum Gasteiger partial charge on any atom is 0.325 e. The van der Waals surface area contributed by atoms with Gasteiger partial charge in [-0.3, -0.25) is 4.79 Å². The van der Waals surface area contributed by atoms with Crippen LogP contribution in [0.3, 0.4) is 0 Å². The van der Waals surface area contributed by atoms with Gasteiger partial charge in [-0.1, -0.05) is 0 Å². The van der Waals surface area contributed by atoms with Gasteiger partial charge in [0.1, 0.15) is 6.54 Å². The molecule has 0 aromatic carbocycles. The van der Waals surface area contributed by atoms with Crippen molar-refractivity contribution in [3.63, 3.8) is 0 Å². The zero-order chi connectivity index (χ0) is 13.5. The Hall–Kier alpha value is -1.63. The average Bonchev–Trinajstić information content (AvgIpc) is 2.72. The lowest BCUT2D eigenvalue weighted by molar-refractivity contribution is -0.141. The summed E-state index contributed by atoms with van der Waals surface area (Å²) in [5, 5.41) is 5.35. The number of ether oxygens (including phenoxy) is 1. The van der Waals surface area contributed by atoms with E-state index < -0.39 is 5.97 Å². The third-order valence-corrected chi connectivity index (χ3v) is 2.92. The van der Waals surface area contributed by atoms with Crippen LogP contribution >= 0.6 is 11.3 Å². The summed E-state index contributed by atoms with van der Waals surface area (Å²) in [7, 11) is 1.65. The van der Waals surface area contributed by atoms with E-state index in [2.05, 4.69) is 10.3 Å². The number of hydrogen-bond donors (Lipinski definition) is 1. The Morgan fingerprint density at radius 2 is 2.28 bits per heavy atom. The number of nitrogens with zero attached hydrogens (tertiary/aromatic N) is 2. The molecule has 0 bridgehead atoms. The lowest BCUT2D eigenvalue weighted by Gasteiger charge is -2.16. The normalized spacial score (nSPS) is 9.94. The number of carbonyl (C=O) groups excluding carboxylic acids is 2. The van der Waals surface area contributed by atoms with E-state index in [1.54, 1.807) is 14.0 Å². The number of esters is 1. The summed E-state index contributed by atoms with van der Waals surface area (Å²) in [6.45, 7) is 4.24. The van der Waals surface area contributed by atoms with E-state index in [0.717, 1.165) is 10.7 Å². The monoisotopic (exact) mass is 271 g/mol. The lowest BCUT2D eigenvalue weighted by Crippen LogP contribution is -2.39. The van der Waals surface area contributed by atoms with Gasteiger partial charge in [0.15, 0.2) is 0 Å². The quantitative estimate of drug-likeness (QED) is 0.816. The third-order valence-electron chi connectivity index (χ3n) is 2.10. The Balaban J connectivity index is 2.35. The largest absolute Gasteiger partial charge is 0.465 e. The van der Waals surface area contributed by atoms with Crippen molar-refractivity contribution in [2.24, 2.45) is 0 Å². The molecule has 0 spiro atoms. The van der Waals surface area contributed by atoms with Crippen LogP contribution < -0.4 is 5.32 Å². The highest BCUT2D eigenvalue weighted by molar-refractivity contribution is 7.09. The number of rotatable bonds is 5. The molecule has 0 unspecified atom stereocenters. The van der Waals surface area contributed by atoms with Crippen LogP contribution in [-0.4, -0.2) is 42.1 Å². The fourth-order valence-corrected chi connectivity index (χ4v) is 1.89. The van der Waals surface area contributed by atoms with Crippen molar-refractivity contribution in [1.82, 2.24) is 15.2 Å². The van der Waals surface area contributed by atoms with Crippen molar-refractivity contribution in [2.75, 3.05) is 20.2 Å².